The molecule has 0 radical (unpaired) electrons. The zero-order chi connectivity index (χ0) is 8.43. The van der Waals surface area contributed by atoms with Crippen molar-refractivity contribution in [1.29, 1.82) is 0 Å². The summed E-state index contributed by atoms with van der Waals surface area (Å²) in [5.41, 5.74) is 1.12. The quantitative estimate of drug-likeness (QED) is 0.636. The third-order valence-electron chi connectivity index (χ3n) is 1.78. The van der Waals surface area contributed by atoms with Gasteiger partial charge in [-0.1, -0.05) is 13.8 Å². The zero-order valence-corrected chi connectivity index (χ0v) is 7.76. The minimum Gasteiger partial charge on any atom is -0.335 e. The van der Waals surface area contributed by atoms with Crippen molar-refractivity contribution in [2.75, 3.05) is 0 Å². The van der Waals surface area contributed by atoms with Crippen molar-refractivity contribution in [3.8, 4) is 0 Å². The van der Waals surface area contributed by atoms with Crippen molar-refractivity contribution in [3.63, 3.8) is 0 Å². The topological polar surface area (TPSA) is 17.8 Å². The highest BCUT2D eigenvalue weighted by atomic mass is 15.1. The molecule has 0 aliphatic rings. The van der Waals surface area contributed by atoms with Crippen LogP contribution in [0.3, 0.4) is 0 Å². The van der Waals surface area contributed by atoms with E-state index in [1.807, 2.05) is 6.92 Å². The van der Waals surface area contributed by atoms with E-state index in [9.17, 15) is 0 Å². The minimum atomic E-state index is 0.531. The van der Waals surface area contributed by atoms with Crippen LogP contribution in [-0.2, 0) is 6.54 Å². The van der Waals surface area contributed by atoms with Gasteiger partial charge in [-0.3, -0.25) is 0 Å². The molecule has 62 valence electrons. The lowest BCUT2D eigenvalue weighted by Crippen LogP contribution is -2.01. The smallest absolute Gasteiger partial charge is 0.111 e. The van der Waals surface area contributed by atoms with E-state index in [1.54, 1.807) is 0 Å². The van der Waals surface area contributed by atoms with Gasteiger partial charge in [0.1, 0.15) is 5.82 Å². The lowest BCUT2D eigenvalue weighted by molar-refractivity contribution is 0.652. The van der Waals surface area contributed by atoms with Gasteiger partial charge in [-0.25, -0.2) is 4.98 Å². The van der Waals surface area contributed by atoms with E-state index in [2.05, 4.69) is 36.5 Å². The van der Waals surface area contributed by atoms with Crippen LogP contribution in [-0.4, -0.2) is 9.55 Å². The molecule has 0 N–H and O–H groups in total. The van der Waals surface area contributed by atoms with Gasteiger partial charge in [-0.15, -0.1) is 0 Å². The zero-order valence-electron chi connectivity index (χ0n) is 7.76. The molecule has 1 rings (SSSR count). The minimum absolute atomic E-state index is 0.531. The highest BCUT2D eigenvalue weighted by molar-refractivity contribution is 5.05. The molecule has 0 aliphatic carbocycles. The summed E-state index contributed by atoms with van der Waals surface area (Å²) < 4.78 is 2.21. The molecule has 0 aromatic carbocycles. The molecule has 0 atom stereocenters. The predicted molar refractivity (Wildman–Crippen MR) is 46.7 cm³/mol. The van der Waals surface area contributed by atoms with E-state index >= 15 is 0 Å². The van der Waals surface area contributed by atoms with Crippen molar-refractivity contribution >= 4 is 0 Å². The summed E-state index contributed by atoms with van der Waals surface area (Å²) in [6.07, 6.45) is 2.11. The van der Waals surface area contributed by atoms with Gasteiger partial charge < -0.3 is 4.57 Å². The molecule has 0 bridgehead atoms. The van der Waals surface area contributed by atoms with E-state index in [0.717, 1.165) is 12.2 Å². The number of aryl methyl sites for hydroxylation is 2. The molecule has 0 saturated heterocycles. The second-order valence-corrected chi connectivity index (χ2v) is 3.18. The second-order valence-electron chi connectivity index (χ2n) is 3.18. The van der Waals surface area contributed by atoms with Gasteiger partial charge in [0.15, 0.2) is 0 Å². The summed E-state index contributed by atoms with van der Waals surface area (Å²) in [5, 5.41) is 0. The number of rotatable bonds is 2. The van der Waals surface area contributed by atoms with Crippen LogP contribution in [0.4, 0.5) is 0 Å². The number of nitrogens with zero attached hydrogens (tertiary/aromatic N) is 2. The van der Waals surface area contributed by atoms with E-state index in [0.29, 0.717) is 5.92 Å². The van der Waals surface area contributed by atoms with E-state index < -0.39 is 0 Å². The van der Waals surface area contributed by atoms with Crippen molar-refractivity contribution in [2.24, 2.45) is 0 Å². The third-order valence-corrected chi connectivity index (χ3v) is 1.78. The fourth-order valence-corrected chi connectivity index (χ4v) is 1.28. The SMILES string of the molecule is CCn1cc(C)nc1C(C)C. The van der Waals surface area contributed by atoms with Gasteiger partial charge in [0.25, 0.3) is 0 Å². The molecule has 1 aromatic rings. The van der Waals surface area contributed by atoms with Crippen LogP contribution in [0, 0.1) is 6.92 Å². The predicted octanol–water partition coefficient (Wildman–Crippen LogP) is 2.33. The Kier molecular flexibility index (Phi) is 2.32. The number of hydrogen-bond acceptors (Lipinski definition) is 1. The maximum Gasteiger partial charge on any atom is 0.111 e. The molecule has 0 unspecified atom stereocenters. The van der Waals surface area contributed by atoms with Crippen molar-refractivity contribution < 1.29 is 0 Å². The molecule has 0 saturated carbocycles. The molecule has 0 amide bonds. The Morgan fingerprint density at radius 1 is 1.55 bits per heavy atom. The average molecular weight is 152 g/mol. The van der Waals surface area contributed by atoms with Gasteiger partial charge in [-0.2, -0.15) is 0 Å². The average Bonchev–Trinajstić information content (AvgIpc) is 2.30. The third kappa shape index (κ3) is 1.62. The molecular formula is C9H16N2. The maximum atomic E-state index is 4.44. The first-order chi connectivity index (χ1) is 5.15. The summed E-state index contributed by atoms with van der Waals surface area (Å²) >= 11 is 0. The summed E-state index contributed by atoms with van der Waals surface area (Å²) in [6, 6.07) is 0. The molecule has 2 nitrogen and oxygen atoms in total. The van der Waals surface area contributed by atoms with Crippen LogP contribution in [0.1, 0.15) is 38.2 Å². The monoisotopic (exact) mass is 152 g/mol. The van der Waals surface area contributed by atoms with Gasteiger partial charge in [0.05, 0.1) is 5.69 Å². The standard InChI is InChI=1S/C9H16N2/c1-5-11-6-8(4)10-9(11)7(2)3/h6-7H,5H2,1-4H3. The van der Waals surface area contributed by atoms with E-state index in [1.165, 1.54) is 5.82 Å². The highest BCUT2D eigenvalue weighted by Crippen LogP contribution is 2.13. The van der Waals surface area contributed by atoms with Crippen LogP contribution >= 0.6 is 0 Å². The van der Waals surface area contributed by atoms with Gasteiger partial charge in [0, 0.05) is 18.7 Å². The Bertz CT molecular complexity index is 236. The van der Waals surface area contributed by atoms with Crippen molar-refractivity contribution in [1.82, 2.24) is 9.55 Å². The molecule has 0 aliphatic heterocycles. The van der Waals surface area contributed by atoms with Crippen molar-refractivity contribution in [2.45, 2.75) is 40.2 Å². The molecule has 1 aromatic heterocycles. The summed E-state index contributed by atoms with van der Waals surface area (Å²) in [7, 11) is 0. The number of aromatic nitrogens is 2. The molecule has 11 heavy (non-hydrogen) atoms. The van der Waals surface area contributed by atoms with Gasteiger partial charge in [-0.05, 0) is 13.8 Å². The van der Waals surface area contributed by atoms with Crippen LogP contribution in [0.15, 0.2) is 6.20 Å². The summed E-state index contributed by atoms with van der Waals surface area (Å²) in [4.78, 5) is 4.44. The molecule has 0 fully saturated rings. The van der Waals surface area contributed by atoms with Gasteiger partial charge >= 0.3 is 0 Å². The fourth-order valence-electron chi connectivity index (χ4n) is 1.28. The Labute approximate surface area is 68.3 Å². The fraction of sp³-hybridized carbons (Fsp3) is 0.667. The van der Waals surface area contributed by atoms with Crippen LogP contribution in [0.2, 0.25) is 0 Å². The first kappa shape index (κ1) is 8.31. The first-order valence-electron chi connectivity index (χ1n) is 4.18. The Morgan fingerprint density at radius 3 is 2.55 bits per heavy atom. The molecule has 2 heteroatoms. The maximum absolute atomic E-state index is 4.44. The lowest BCUT2D eigenvalue weighted by Gasteiger charge is -2.06. The Balaban J connectivity index is 3.02. The highest BCUT2D eigenvalue weighted by Gasteiger charge is 2.06. The van der Waals surface area contributed by atoms with E-state index in [4.69, 9.17) is 0 Å². The second kappa shape index (κ2) is 3.07. The lowest BCUT2D eigenvalue weighted by atomic mass is 10.2. The van der Waals surface area contributed by atoms with E-state index in [-0.39, 0.29) is 0 Å². The van der Waals surface area contributed by atoms with Gasteiger partial charge in [0.2, 0.25) is 0 Å². The van der Waals surface area contributed by atoms with Crippen LogP contribution < -0.4 is 0 Å². The van der Waals surface area contributed by atoms with Crippen LogP contribution in [0.25, 0.3) is 0 Å². The first-order valence-corrected chi connectivity index (χ1v) is 4.18. The summed E-state index contributed by atoms with van der Waals surface area (Å²) in [6.45, 7) is 9.56. The van der Waals surface area contributed by atoms with Crippen LogP contribution in [0.5, 0.6) is 0 Å². The largest absolute Gasteiger partial charge is 0.335 e. The number of hydrogen-bond donors (Lipinski definition) is 0. The normalized spacial score (nSPS) is 11.0. The number of imidazole rings is 1. The molecule has 0 spiro atoms. The Hall–Kier alpha value is -0.790. The van der Waals surface area contributed by atoms with Crippen molar-refractivity contribution in [3.05, 3.63) is 17.7 Å². The Morgan fingerprint density at radius 2 is 2.18 bits per heavy atom. The molecule has 1 heterocycles. The summed E-state index contributed by atoms with van der Waals surface area (Å²) in [5.74, 6) is 1.73. The molecular weight excluding hydrogens is 136 g/mol.